The summed E-state index contributed by atoms with van der Waals surface area (Å²) in [5, 5.41) is 8.50. The van der Waals surface area contributed by atoms with E-state index in [1.807, 2.05) is 0 Å². The number of ether oxygens (including phenoxy) is 1. The molecule has 0 amide bonds. The number of hydrogen-bond donors (Lipinski definition) is 1. The van der Waals surface area contributed by atoms with Crippen LogP contribution < -0.4 is 5.56 Å². The number of carbonyl (C=O) groups excluding carboxylic acids is 1. The van der Waals surface area contributed by atoms with Gasteiger partial charge in [-0.15, -0.1) is 0 Å². The van der Waals surface area contributed by atoms with Crippen LogP contribution >= 0.6 is 0 Å². The average Bonchev–Trinajstić information content (AvgIpc) is 2.29. The number of methoxy groups -OCH3 is 1. The number of carboxylic acid groups (broad SMARTS) is 1. The Morgan fingerprint density at radius 2 is 2.18 bits per heavy atom. The summed E-state index contributed by atoms with van der Waals surface area (Å²) in [6.07, 6.45) is 2.13. The summed E-state index contributed by atoms with van der Waals surface area (Å²) in [6.45, 7) is -0.254. The Kier molecular flexibility index (Phi) is 4.21. The van der Waals surface area contributed by atoms with Crippen LogP contribution in [0.15, 0.2) is 29.1 Å². The third kappa shape index (κ3) is 3.60. The van der Waals surface area contributed by atoms with Crippen molar-refractivity contribution in [2.24, 2.45) is 0 Å². The van der Waals surface area contributed by atoms with Crippen LogP contribution in [0.25, 0.3) is 6.08 Å². The van der Waals surface area contributed by atoms with Crippen LogP contribution in [0.4, 0.5) is 0 Å². The standard InChI is InChI=1S/C11H11NO5/c1-17-11(16)7-12-8(5-6-10(14)15)3-2-4-9(12)13/h2-6H,7H2,1H3,(H,14,15)/b6-5+. The van der Waals surface area contributed by atoms with Gasteiger partial charge in [-0.3, -0.25) is 14.2 Å². The predicted molar refractivity (Wildman–Crippen MR) is 59.4 cm³/mol. The minimum atomic E-state index is -1.13. The van der Waals surface area contributed by atoms with E-state index in [0.717, 1.165) is 10.6 Å². The Bertz CT molecular complexity index is 515. The van der Waals surface area contributed by atoms with E-state index in [9.17, 15) is 14.4 Å². The molecule has 6 heteroatoms. The molecule has 0 bridgehead atoms. The summed E-state index contributed by atoms with van der Waals surface area (Å²) in [5.74, 6) is -1.71. The fraction of sp³-hybridized carbons (Fsp3) is 0.182. The smallest absolute Gasteiger partial charge is 0.328 e. The lowest BCUT2D eigenvalue weighted by Gasteiger charge is -2.07. The highest BCUT2D eigenvalue weighted by Gasteiger charge is 2.06. The predicted octanol–water partition coefficient (Wildman–Crippen LogP) is 0.119. The van der Waals surface area contributed by atoms with E-state index in [1.165, 1.54) is 31.4 Å². The summed E-state index contributed by atoms with van der Waals surface area (Å²) in [4.78, 5) is 33.0. The van der Waals surface area contributed by atoms with Crippen molar-refractivity contribution in [3.05, 3.63) is 40.3 Å². The maximum atomic E-state index is 11.5. The van der Waals surface area contributed by atoms with E-state index in [-0.39, 0.29) is 6.54 Å². The first-order chi connectivity index (χ1) is 8.04. The molecular weight excluding hydrogens is 226 g/mol. The van der Waals surface area contributed by atoms with Crippen LogP contribution in [-0.4, -0.2) is 28.7 Å². The van der Waals surface area contributed by atoms with E-state index in [2.05, 4.69) is 4.74 Å². The van der Waals surface area contributed by atoms with Crippen molar-refractivity contribution in [1.82, 2.24) is 4.57 Å². The van der Waals surface area contributed by atoms with Crippen molar-refractivity contribution in [3.8, 4) is 0 Å². The van der Waals surface area contributed by atoms with Gasteiger partial charge in [0.2, 0.25) is 0 Å². The van der Waals surface area contributed by atoms with E-state index in [1.54, 1.807) is 0 Å². The molecule has 0 saturated carbocycles. The van der Waals surface area contributed by atoms with Crippen LogP contribution in [0.2, 0.25) is 0 Å². The Hall–Kier alpha value is -2.37. The fourth-order valence-corrected chi connectivity index (χ4v) is 1.20. The third-order valence-corrected chi connectivity index (χ3v) is 2.00. The Labute approximate surface area is 96.8 Å². The topological polar surface area (TPSA) is 85.6 Å². The molecule has 0 spiro atoms. The largest absolute Gasteiger partial charge is 0.478 e. The van der Waals surface area contributed by atoms with Gasteiger partial charge >= 0.3 is 11.9 Å². The number of rotatable bonds is 4. The summed E-state index contributed by atoms with van der Waals surface area (Å²) in [5.41, 5.74) is -0.0757. The van der Waals surface area contributed by atoms with E-state index < -0.39 is 17.5 Å². The molecule has 0 aliphatic carbocycles. The zero-order valence-corrected chi connectivity index (χ0v) is 9.12. The van der Waals surface area contributed by atoms with Crippen molar-refractivity contribution < 1.29 is 19.4 Å². The molecular formula is C11H11NO5. The van der Waals surface area contributed by atoms with Crippen molar-refractivity contribution in [1.29, 1.82) is 0 Å². The molecule has 1 aromatic heterocycles. The zero-order valence-electron chi connectivity index (χ0n) is 9.12. The molecule has 1 N–H and O–H groups in total. The van der Waals surface area contributed by atoms with Gasteiger partial charge in [-0.05, 0) is 12.1 Å². The maximum absolute atomic E-state index is 11.5. The van der Waals surface area contributed by atoms with Crippen molar-refractivity contribution >= 4 is 18.0 Å². The first-order valence-corrected chi connectivity index (χ1v) is 4.72. The summed E-state index contributed by atoms with van der Waals surface area (Å²) < 4.78 is 5.58. The lowest BCUT2D eigenvalue weighted by molar-refractivity contribution is -0.141. The normalized spacial score (nSPS) is 10.4. The van der Waals surface area contributed by atoms with Gasteiger partial charge in [-0.25, -0.2) is 4.79 Å². The van der Waals surface area contributed by atoms with Crippen molar-refractivity contribution in [2.75, 3.05) is 7.11 Å². The van der Waals surface area contributed by atoms with Gasteiger partial charge in [0.1, 0.15) is 6.54 Å². The highest BCUT2D eigenvalue weighted by atomic mass is 16.5. The molecule has 1 aromatic rings. The number of hydrogen-bond acceptors (Lipinski definition) is 4. The molecule has 0 atom stereocenters. The number of aliphatic carboxylic acids is 1. The van der Waals surface area contributed by atoms with E-state index in [0.29, 0.717) is 5.69 Å². The lowest BCUT2D eigenvalue weighted by Crippen LogP contribution is -2.25. The van der Waals surface area contributed by atoms with E-state index >= 15 is 0 Å². The molecule has 0 radical (unpaired) electrons. The van der Waals surface area contributed by atoms with Crippen LogP contribution in [0.3, 0.4) is 0 Å². The minimum Gasteiger partial charge on any atom is -0.478 e. The SMILES string of the molecule is COC(=O)Cn1c(/C=C/C(=O)O)cccc1=O. The Morgan fingerprint density at radius 3 is 2.76 bits per heavy atom. The minimum absolute atomic E-state index is 0.254. The maximum Gasteiger partial charge on any atom is 0.328 e. The molecule has 90 valence electrons. The van der Waals surface area contributed by atoms with Gasteiger partial charge in [0.15, 0.2) is 0 Å². The first-order valence-electron chi connectivity index (χ1n) is 4.72. The summed E-state index contributed by atoms with van der Waals surface area (Å²) in [6, 6.07) is 4.29. The second-order valence-corrected chi connectivity index (χ2v) is 3.12. The molecule has 1 heterocycles. The second kappa shape index (κ2) is 5.64. The second-order valence-electron chi connectivity index (χ2n) is 3.12. The number of carboxylic acids is 1. The average molecular weight is 237 g/mol. The third-order valence-electron chi connectivity index (χ3n) is 2.00. The van der Waals surface area contributed by atoms with Gasteiger partial charge in [0.05, 0.1) is 7.11 Å². The van der Waals surface area contributed by atoms with Crippen LogP contribution in [0.1, 0.15) is 5.69 Å². The van der Waals surface area contributed by atoms with Gasteiger partial charge < -0.3 is 9.84 Å². The van der Waals surface area contributed by atoms with Crippen molar-refractivity contribution in [2.45, 2.75) is 6.54 Å². The molecule has 17 heavy (non-hydrogen) atoms. The quantitative estimate of drug-likeness (QED) is 0.593. The number of nitrogens with zero attached hydrogens (tertiary/aromatic N) is 1. The number of pyridine rings is 1. The summed E-state index contributed by atoms with van der Waals surface area (Å²) >= 11 is 0. The summed E-state index contributed by atoms with van der Waals surface area (Å²) in [7, 11) is 1.21. The molecule has 0 aliphatic rings. The molecule has 6 nitrogen and oxygen atoms in total. The van der Waals surface area contributed by atoms with Gasteiger partial charge in [-0.2, -0.15) is 0 Å². The van der Waals surface area contributed by atoms with Crippen LogP contribution in [0, 0.1) is 0 Å². The fourth-order valence-electron chi connectivity index (χ4n) is 1.20. The van der Waals surface area contributed by atoms with Crippen LogP contribution in [0.5, 0.6) is 0 Å². The Balaban J connectivity index is 3.12. The highest BCUT2D eigenvalue weighted by molar-refractivity contribution is 5.85. The van der Waals surface area contributed by atoms with E-state index in [4.69, 9.17) is 5.11 Å². The van der Waals surface area contributed by atoms with Gasteiger partial charge in [0, 0.05) is 17.8 Å². The molecule has 0 aromatic carbocycles. The zero-order chi connectivity index (χ0) is 12.8. The lowest BCUT2D eigenvalue weighted by atomic mass is 10.3. The number of esters is 1. The van der Waals surface area contributed by atoms with Gasteiger partial charge in [-0.1, -0.05) is 6.07 Å². The molecule has 0 unspecified atom stereocenters. The van der Waals surface area contributed by atoms with Crippen LogP contribution in [-0.2, 0) is 20.9 Å². The van der Waals surface area contributed by atoms with Gasteiger partial charge in [0.25, 0.3) is 5.56 Å². The Morgan fingerprint density at radius 1 is 1.47 bits per heavy atom. The number of aromatic nitrogens is 1. The molecule has 0 saturated heterocycles. The molecule has 0 fully saturated rings. The number of carbonyl (C=O) groups is 2. The highest BCUT2D eigenvalue weighted by Crippen LogP contribution is 2.00. The van der Waals surface area contributed by atoms with Crippen molar-refractivity contribution in [3.63, 3.8) is 0 Å². The molecule has 1 rings (SSSR count). The molecule has 0 aliphatic heterocycles. The monoisotopic (exact) mass is 237 g/mol. The first kappa shape index (κ1) is 12.7.